The topological polar surface area (TPSA) is 12.9 Å². The van der Waals surface area contributed by atoms with Crippen LogP contribution in [0.25, 0.3) is 21.5 Å². The van der Waals surface area contributed by atoms with Gasteiger partial charge in [0.05, 0.1) is 5.52 Å². The van der Waals surface area contributed by atoms with Crippen molar-refractivity contribution < 1.29 is 0 Å². The van der Waals surface area contributed by atoms with Crippen molar-refractivity contribution in [2.45, 2.75) is 6.92 Å². The van der Waals surface area contributed by atoms with Gasteiger partial charge in [0, 0.05) is 10.9 Å². The van der Waals surface area contributed by atoms with Crippen molar-refractivity contribution in [3.8, 4) is 10.6 Å². The van der Waals surface area contributed by atoms with Crippen molar-refractivity contribution >= 4 is 34.5 Å². The average molecular weight is 269 g/mol. The lowest BCUT2D eigenvalue weighted by molar-refractivity contribution is 1.43. The summed E-state index contributed by atoms with van der Waals surface area (Å²) >= 11 is 7.01. The summed E-state index contributed by atoms with van der Waals surface area (Å²) in [6.45, 7) is 2.08. The van der Waals surface area contributed by atoms with Crippen LogP contribution in [0.2, 0.25) is 0 Å². The number of para-hydroxylation sites is 1. The van der Waals surface area contributed by atoms with Crippen LogP contribution in [0.4, 0.5) is 0 Å². The van der Waals surface area contributed by atoms with Gasteiger partial charge < -0.3 is 0 Å². The van der Waals surface area contributed by atoms with Crippen molar-refractivity contribution in [1.29, 1.82) is 0 Å². The minimum absolute atomic E-state index is 0.899. The first-order valence-corrected chi connectivity index (χ1v) is 6.93. The van der Waals surface area contributed by atoms with Crippen molar-refractivity contribution in [2.75, 3.05) is 0 Å². The van der Waals surface area contributed by atoms with Gasteiger partial charge in [0.2, 0.25) is 0 Å². The zero-order valence-electron chi connectivity index (χ0n) is 9.88. The standard InChI is InChI=1S/C15H11NS2/c1-10-6-8-11(9-7-10)14-16-13-5-3-2-4-12(13)15(17)18-14/h2-9H,1H3. The number of benzene rings is 2. The third kappa shape index (κ3) is 2.07. The van der Waals surface area contributed by atoms with E-state index in [0.29, 0.717) is 0 Å². The van der Waals surface area contributed by atoms with E-state index in [1.807, 2.05) is 24.3 Å². The number of nitrogens with zero attached hydrogens (tertiary/aromatic N) is 1. The first-order valence-electron chi connectivity index (χ1n) is 5.71. The van der Waals surface area contributed by atoms with Crippen LogP contribution in [0.3, 0.4) is 0 Å². The average Bonchev–Trinajstić information content (AvgIpc) is 2.39. The molecule has 3 heteroatoms. The fourth-order valence-corrected chi connectivity index (χ4v) is 3.10. The fraction of sp³-hybridized carbons (Fsp3) is 0.0667. The molecule has 3 rings (SSSR count). The highest BCUT2D eigenvalue weighted by atomic mass is 32.1. The summed E-state index contributed by atoms with van der Waals surface area (Å²) in [5.74, 6) is 0. The van der Waals surface area contributed by atoms with Gasteiger partial charge in [-0.2, -0.15) is 0 Å². The van der Waals surface area contributed by atoms with Gasteiger partial charge in [-0.1, -0.05) is 60.2 Å². The predicted octanol–water partition coefficient (Wildman–Crippen LogP) is 5.00. The smallest absolute Gasteiger partial charge is 0.125 e. The van der Waals surface area contributed by atoms with Crippen molar-refractivity contribution in [2.24, 2.45) is 0 Å². The van der Waals surface area contributed by atoms with Crippen molar-refractivity contribution in [1.82, 2.24) is 4.98 Å². The molecule has 0 aliphatic rings. The quantitative estimate of drug-likeness (QED) is 0.576. The van der Waals surface area contributed by atoms with E-state index in [4.69, 9.17) is 12.2 Å². The van der Waals surface area contributed by atoms with Gasteiger partial charge in [0.15, 0.2) is 0 Å². The Bertz CT molecular complexity index is 757. The molecule has 0 radical (unpaired) electrons. The van der Waals surface area contributed by atoms with Crippen molar-refractivity contribution in [3.63, 3.8) is 0 Å². The number of aromatic nitrogens is 1. The second kappa shape index (κ2) is 4.59. The third-order valence-corrected chi connectivity index (χ3v) is 4.23. The zero-order valence-corrected chi connectivity index (χ0v) is 11.5. The molecule has 1 heterocycles. The number of fused-ring (bicyclic) bond motifs is 1. The lowest BCUT2D eigenvalue weighted by Crippen LogP contribution is -1.83. The molecule has 0 atom stereocenters. The van der Waals surface area contributed by atoms with Crippen LogP contribution in [-0.4, -0.2) is 4.98 Å². The molecule has 0 bridgehead atoms. The third-order valence-electron chi connectivity index (χ3n) is 2.83. The summed E-state index contributed by atoms with van der Waals surface area (Å²) in [5.41, 5.74) is 3.35. The Balaban J connectivity index is 2.24. The summed E-state index contributed by atoms with van der Waals surface area (Å²) in [4.78, 5) is 4.69. The minimum atomic E-state index is 0.899. The maximum atomic E-state index is 5.45. The molecule has 1 aromatic heterocycles. The van der Waals surface area contributed by atoms with Crippen LogP contribution in [0, 0.1) is 10.7 Å². The van der Waals surface area contributed by atoms with E-state index in [0.717, 1.165) is 25.3 Å². The SMILES string of the molecule is Cc1ccc(-c2nc3ccccc3c(=S)s2)cc1. The van der Waals surface area contributed by atoms with Crippen LogP contribution in [0.15, 0.2) is 48.5 Å². The van der Waals surface area contributed by atoms with Gasteiger partial charge in [-0.05, 0) is 13.0 Å². The monoisotopic (exact) mass is 269 g/mol. The Kier molecular flexibility index (Phi) is 2.94. The van der Waals surface area contributed by atoms with Crippen LogP contribution in [0.1, 0.15) is 5.56 Å². The summed E-state index contributed by atoms with van der Waals surface area (Å²) in [6.07, 6.45) is 0. The first-order chi connectivity index (χ1) is 8.74. The Labute approximate surface area is 115 Å². The molecule has 2 aromatic carbocycles. The first kappa shape index (κ1) is 11.5. The van der Waals surface area contributed by atoms with E-state index < -0.39 is 0 Å². The predicted molar refractivity (Wildman–Crippen MR) is 80.6 cm³/mol. The van der Waals surface area contributed by atoms with Gasteiger partial charge in [-0.25, -0.2) is 4.98 Å². The van der Waals surface area contributed by atoms with Crippen molar-refractivity contribution in [3.05, 3.63) is 57.9 Å². The maximum Gasteiger partial charge on any atom is 0.125 e. The van der Waals surface area contributed by atoms with Gasteiger partial charge in [-0.3, -0.25) is 0 Å². The van der Waals surface area contributed by atoms with Crippen LogP contribution in [-0.2, 0) is 0 Å². The van der Waals surface area contributed by atoms with Gasteiger partial charge in [0.25, 0.3) is 0 Å². The van der Waals surface area contributed by atoms with Crippen LogP contribution < -0.4 is 0 Å². The minimum Gasteiger partial charge on any atom is -0.237 e. The highest BCUT2D eigenvalue weighted by molar-refractivity contribution is 7.74. The Morgan fingerprint density at radius 1 is 1.00 bits per heavy atom. The van der Waals surface area contributed by atoms with E-state index in [2.05, 4.69) is 36.2 Å². The fourth-order valence-electron chi connectivity index (χ4n) is 1.84. The molecule has 88 valence electrons. The molecule has 0 N–H and O–H groups in total. The molecule has 0 spiro atoms. The molecular formula is C15H11NS2. The molecule has 0 saturated carbocycles. The number of hydrogen-bond acceptors (Lipinski definition) is 3. The zero-order chi connectivity index (χ0) is 12.5. The highest BCUT2D eigenvalue weighted by Gasteiger charge is 2.04. The highest BCUT2D eigenvalue weighted by Crippen LogP contribution is 2.27. The molecule has 1 nitrogen and oxygen atoms in total. The maximum absolute atomic E-state index is 5.45. The summed E-state index contributed by atoms with van der Waals surface area (Å²) in [6, 6.07) is 16.4. The van der Waals surface area contributed by atoms with Gasteiger partial charge in [-0.15, -0.1) is 11.3 Å². The molecule has 0 aliphatic carbocycles. The molecule has 0 fully saturated rings. The van der Waals surface area contributed by atoms with E-state index in [9.17, 15) is 0 Å². The summed E-state index contributed by atoms with van der Waals surface area (Å²) in [5, 5.41) is 2.05. The van der Waals surface area contributed by atoms with Gasteiger partial charge in [0.1, 0.15) is 8.83 Å². The number of rotatable bonds is 1. The number of hydrogen-bond donors (Lipinski definition) is 0. The van der Waals surface area contributed by atoms with Crippen LogP contribution >= 0.6 is 23.6 Å². The Hall–Kier alpha value is -1.58. The molecular weight excluding hydrogens is 258 g/mol. The summed E-state index contributed by atoms with van der Waals surface area (Å²) in [7, 11) is 0. The Morgan fingerprint density at radius 3 is 2.50 bits per heavy atom. The lowest BCUT2D eigenvalue weighted by Gasteiger charge is -2.03. The largest absolute Gasteiger partial charge is 0.237 e. The molecule has 3 aromatic rings. The molecule has 0 aliphatic heterocycles. The van der Waals surface area contributed by atoms with E-state index in [-0.39, 0.29) is 0 Å². The van der Waals surface area contributed by atoms with E-state index >= 15 is 0 Å². The van der Waals surface area contributed by atoms with Crippen LogP contribution in [0.5, 0.6) is 0 Å². The second-order valence-electron chi connectivity index (χ2n) is 4.19. The lowest BCUT2D eigenvalue weighted by atomic mass is 10.1. The number of aryl methyl sites for hydroxylation is 1. The molecule has 18 heavy (non-hydrogen) atoms. The Morgan fingerprint density at radius 2 is 1.72 bits per heavy atom. The van der Waals surface area contributed by atoms with E-state index in [1.165, 1.54) is 5.56 Å². The second-order valence-corrected chi connectivity index (χ2v) is 5.86. The van der Waals surface area contributed by atoms with Gasteiger partial charge >= 0.3 is 0 Å². The molecule has 0 saturated heterocycles. The molecule has 0 amide bonds. The normalized spacial score (nSPS) is 10.7. The molecule has 0 unspecified atom stereocenters. The van der Waals surface area contributed by atoms with E-state index in [1.54, 1.807) is 11.3 Å². The summed E-state index contributed by atoms with van der Waals surface area (Å²) < 4.78 is 0.899.